The topological polar surface area (TPSA) is 81.5 Å². The quantitative estimate of drug-likeness (QED) is 0.610. The molecule has 1 aliphatic heterocycles. The number of aryl methyl sites for hydroxylation is 1. The lowest BCUT2D eigenvalue weighted by atomic mass is 10.1. The minimum absolute atomic E-state index is 0.0847. The van der Waals surface area contributed by atoms with Crippen molar-refractivity contribution in [1.82, 2.24) is 9.55 Å². The lowest BCUT2D eigenvalue weighted by Crippen LogP contribution is -2.39. The van der Waals surface area contributed by atoms with E-state index in [1.807, 2.05) is 44.2 Å². The number of esters is 1. The van der Waals surface area contributed by atoms with Crippen molar-refractivity contribution in [3.8, 4) is 0 Å². The van der Waals surface area contributed by atoms with E-state index in [4.69, 9.17) is 4.74 Å². The lowest BCUT2D eigenvalue weighted by Gasteiger charge is -2.26. The van der Waals surface area contributed by atoms with Crippen molar-refractivity contribution in [1.29, 1.82) is 0 Å². The van der Waals surface area contributed by atoms with E-state index in [-0.39, 0.29) is 29.7 Å². The number of carbonyl (C=O) groups excluding carboxylic acids is 2. The van der Waals surface area contributed by atoms with Crippen LogP contribution >= 0.6 is 0 Å². The largest absolute Gasteiger partial charge is 0.452 e. The number of aromatic nitrogens is 2. The van der Waals surface area contributed by atoms with Gasteiger partial charge in [-0.2, -0.15) is 0 Å². The Bertz CT molecular complexity index is 1170. The molecule has 0 bridgehead atoms. The average Bonchev–Trinajstić information content (AvgIpc) is 3.21. The molecule has 0 fully saturated rings. The van der Waals surface area contributed by atoms with Gasteiger partial charge in [0.25, 0.3) is 11.5 Å². The molecule has 1 aromatic heterocycles. The van der Waals surface area contributed by atoms with E-state index >= 15 is 0 Å². The molecule has 0 N–H and O–H groups in total. The maximum absolute atomic E-state index is 12.7. The lowest BCUT2D eigenvalue weighted by molar-refractivity contribution is -0.122. The Morgan fingerprint density at radius 1 is 1.17 bits per heavy atom. The molecular formula is C23H23N3O4. The Kier molecular flexibility index (Phi) is 5.35. The molecule has 7 nitrogen and oxygen atoms in total. The van der Waals surface area contributed by atoms with Gasteiger partial charge in [-0.25, -0.2) is 9.78 Å². The molecule has 0 unspecified atom stereocenters. The number of rotatable bonds is 5. The monoisotopic (exact) mass is 405 g/mol. The molecule has 0 saturated heterocycles. The Morgan fingerprint density at radius 3 is 2.67 bits per heavy atom. The van der Waals surface area contributed by atoms with E-state index in [1.54, 1.807) is 21.6 Å². The normalized spacial score (nSPS) is 12.8. The van der Waals surface area contributed by atoms with Crippen LogP contribution < -0.4 is 10.5 Å². The molecular weight excluding hydrogens is 382 g/mol. The van der Waals surface area contributed by atoms with Crippen molar-refractivity contribution in [2.45, 2.75) is 39.3 Å². The van der Waals surface area contributed by atoms with Gasteiger partial charge < -0.3 is 9.64 Å². The molecule has 154 valence electrons. The fourth-order valence-corrected chi connectivity index (χ4v) is 3.81. The maximum Gasteiger partial charge on any atom is 0.338 e. The Morgan fingerprint density at radius 2 is 1.93 bits per heavy atom. The van der Waals surface area contributed by atoms with Gasteiger partial charge in [0, 0.05) is 24.7 Å². The van der Waals surface area contributed by atoms with E-state index in [9.17, 15) is 14.4 Å². The summed E-state index contributed by atoms with van der Waals surface area (Å²) in [7, 11) is 0. The summed E-state index contributed by atoms with van der Waals surface area (Å²) in [5, 5.41) is 0.475. The Hall–Kier alpha value is -3.48. The summed E-state index contributed by atoms with van der Waals surface area (Å²) in [6, 6.07) is 13.9. The molecule has 1 aliphatic rings. The summed E-state index contributed by atoms with van der Waals surface area (Å²) in [5.74, 6) is -0.187. The fourth-order valence-electron chi connectivity index (χ4n) is 3.81. The maximum atomic E-state index is 12.7. The van der Waals surface area contributed by atoms with Gasteiger partial charge >= 0.3 is 5.97 Å². The van der Waals surface area contributed by atoms with Crippen LogP contribution in [0, 0.1) is 0 Å². The van der Waals surface area contributed by atoms with Gasteiger partial charge in [0.15, 0.2) is 6.61 Å². The van der Waals surface area contributed by atoms with Crippen molar-refractivity contribution in [3.05, 3.63) is 70.3 Å². The second kappa shape index (κ2) is 8.10. The predicted molar refractivity (Wildman–Crippen MR) is 114 cm³/mol. The van der Waals surface area contributed by atoms with E-state index < -0.39 is 5.97 Å². The first-order chi connectivity index (χ1) is 14.5. The third-order valence-corrected chi connectivity index (χ3v) is 5.20. The summed E-state index contributed by atoms with van der Waals surface area (Å²) >= 11 is 0. The molecule has 0 saturated carbocycles. The van der Waals surface area contributed by atoms with Crippen molar-refractivity contribution < 1.29 is 14.3 Å². The number of hydrogen-bond donors (Lipinski definition) is 0. The van der Waals surface area contributed by atoms with E-state index in [0.29, 0.717) is 17.4 Å². The first-order valence-corrected chi connectivity index (χ1v) is 10.0. The number of carbonyl (C=O) groups is 2. The highest BCUT2D eigenvalue weighted by Crippen LogP contribution is 2.18. The zero-order valence-electron chi connectivity index (χ0n) is 17.0. The van der Waals surface area contributed by atoms with Crippen molar-refractivity contribution in [2.75, 3.05) is 11.5 Å². The smallest absolute Gasteiger partial charge is 0.338 e. The molecule has 30 heavy (non-hydrogen) atoms. The van der Waals surface area contributed by atoms with Crippen LogP contribution in [-0.2, 0) is 22.5 Å². The molecule has 0 spiro atoms. The minimum Gasteiger partial charge on any atom is -0.452 e. The summed E-state index contributed by atoms with van der Waals surface area (Å²) in [5.41, 5.74) is 1.40. The third-order valence-electron chi connectivity index (χ3n) is 5.20. The van der Waals surface area contributed by atoms with Crippen molar-refractivity contribution in [2.24, 2.45) is 0 Å². The average molecular weight is 405 g/mol. The highest BCUT2D eigenvalue weighted by molar-refractivity contribution is 5.98. The molecule has 2 heterocycles. The fraction of sp³-hybridized carbons (Fsp3) is 0.304. The van der Waals surface area contributed by atoms with Crippen LogP contribution in [0.15, 0.2) is 53.3 Å². The zero-order chi connectivity index (χ0) is 21.3. The van der Waals surface area contributed by atoms with Crippen LogP contribution in [0.3, 0.4) is 0 Å². The highest BCUT2D eigenvalue weighted by atomic mass is 16.5. The summed E-state index contributed by atoms with van der Waals surface area (Å²) in [6.07, 6.45) is 1.64. The number of anilines is 1. The molecule has 2 aromatic carbocycles. The Balaban J connectivity index is 1.51. The van der Waals surface area contributed by atoms with Gasteiger partial charge in [-0.3, -0.25) is 14.2 Å². The first-order valence-electron chi connectivity index (χ1n) is 10.0. The molecule has 0 atom stereocenters. The number of fused-ring (bicyclic) bond motifs is 2. The number of para-hydroxylation sites is 1. The van der Waals surface area contributed by atoms with Crippen LogP contribution in [-0.4, -0.2) is 34.1 Å². The van der Waals surface area contributed by atoms with Gasteiger partial charge in [0.2, 0.25) is 0 Å². The van der Waals surface area contributed by atoms with Gasteiger partial charge in [0.05, 0.1) is 16.5 Å². The number of benzene rings is 2. The van der Waals surface area contributed by atoms with E-state index in [1.165, 1.54) is 6.07 Å². The molecule has 3 aromatic rings. The molecule has 1 amide bonds. The predicted octanol–water partition coefficient (Wildman–Crippen LogP) is 2.94. The molecule has 0 aliphatic carbocycles. The van der Waals surface area contributed by atoms with E-state index in [2.05, 4.69) is 4.98 Å². The second-order valence-electron chi connectivity index (χ2n) is 7.59. The second-order valence-corrected chi connectivity index (χ2v) is 7.59. The minimum atomic E-state index is -0.621. The van der Waals surface area contributed by atoms with Crippen LogP contribution in [0.5, 0.6) is 0 Å². The van der Waals surface area contributed by atoms with Gasteiger partial charge in [-0.1, -0.05) is 18.2 Å². The molecule has 4 rings (SSSR count). The van der Waals surface area contributed by atoms with Crippen LogP contribution in [0.1, 0.15) is 36.5 Å². The molecule has 7 heteroatoms. The summed E-state index contributed by atoms with van der Waals surface area (Å²) in [6.45, 7) is 4.11. The van der Waals surface area contributed by atoms with Crippen LogP contribution in [0.2, 0.25) is 0 Å². The first kappa shape index (κ1) is 19.8. The standard InChI is InChI=1S/C23H23N3O4/c1-15(2)26(17-7-4-3-5-8-17)21(27)14-30-23(29)16-10-11-18-19(13-16)24-20-9-6-12-25(20)22(18)28/h3-5,7-8,10-11,13,15H,6,9,12,14H2,1-2H3. The van der Waals surface area contributed by atoms with E-state index in [0.717, 1.165) is 24.4 Å². The van der Waals surface area contributed by atoms with Crippen LogP contribution in [0.25, 0.3) is 10.9 Å². The number of nitrogens with zero attached hydrogens (tertiary/aromatic N) is 3. The number of hydrogen-bond acceptors (Lipinski definition) is 5. The van der Waals surface area contributed by atoms with Gasteiger partial charge in [-0.15, -0.1) is 0 Å². The van der Waals surface area contributed by atoms with Gasteiger partial charge in [-0.05, 0) is 50.6 Å². The number of amides is 1. The Labute approximate surface area is 173 Å². The van der Waals surface area contributed by atoms with Crippen molar-refractivity contribution >= 4 is 28.5 Å². The van der Waals surface area contributed by atoms with Crippen molar-refractivity contribution in [3.63, 3.8) is 0 Å². The van der Waals surface area contributed by atoms with Gasteiger partial charge in [0.1, 0.15) is 5.82 Å². The highest BCUT2D eigenvalue weighted by Gasteiger charge is 2.22. The summed E-state index contributed by atoms with van der Waals surface area (Å²) < 4.78 is 6.96. The SMILES string of the molecule is CC(C)N(C(=O)COC(=O)c1ccc2c(=O)n3c(nc2c1)CCC3)c1ccccc1. The zero-order valence-corrected chi connectivity index (χ0v) is 17.0. The third kappa shape index (κ3) is 3.70. The van der Waals surface area contributed by atoms with Crippen LogP contribution in [0.4, 0.5) is 5.69 Å². The summed E-state index contributed by atoms with van der Waals surface area (Å²) in [4.78, 5) is 43.9. The number of ether oxygens (including phenoxy) is 1. The molecule has 0 radical (unpaired) electrons.